The molecule has 0 bridgehead atoms. The summed E-state index contributed by atoms with van der Waals surface area (Å²) in [5.41, 5.74) is 26.4. The topological polar surface area (TPSA) is 92.5 Å². The van der Waals surface area contributed by atoms with Gasteiger partial charge >= 0.3 is 0 Å². The highest BCUT2D eigenvalue weighted by Gasteiger charge is 2.50. The summed E-state index contributed by atoms with van der Waals surface area (Å²) in [5.74, 6) is 7.06. The van der Waals surface area contributed by atoms with E-state index in [1.165, 1.54) is 0 Å². The van der Waals surface area contributed by atoms with Crippen molar-refractivity contribution in [1.82, 2.24) is 0 Å². The van der Waals surface area contributed by atoms with Crippen LogP contribution in [0.2, 0.25) is 0 Å². The highest BCUT2D eigenvalue weighted by molar-refractivity contribution is 6.04. The van der Waals surface area contributed by atoms with Crippen LogP contribution in [0.25, 0.3) is 44.5 Å². The maximum Gasteiger partial charge on any atom is 0.138 e. The zero-order valence-corrected chi connectivity index (χ0v) is 29.9. The molecule has 0 fully saturated rings. The summed E-state index contributed by atoms with van der Waals surface area (Å²) in [6.45, 7) is 0. The number of phenols is 2. The molecule has 0 radical (unpaired) electrons. The number of fused-ring (bicyclic) bond motifs is 3. The van der Waals surface area contributed by atoms with Gasteiger partial charge in [0.05, 0.1) is 16.8 Å². The molecule has 0 spiro atoms. The zero-order valence-electron chi connectivity index (χ0n) is 29.9. The van der Waals surface area contributed by atoms with E-state index in [1.807, 2.05) is 72.8 Å². The highest BCUT2D eigenvalue weighted by Crippen LogP contribution is 2.62. The molecule has 0 amide bonds. The van der Waals surface area contributed by atoms with Crippen LogP contribution < -0.4 is 11.5 Å². The molecule has 0 atom stereocenters. The molecule has 4 heteroatoms. The van der Waals surface area contributed by atoms with Gasteiger partial charge in [0.1, 0.15) is 11.5 Å². The van der Waals surface area contributed by atoms with E-state index >= 15 is 0 Å². The van der Waals surface area contributed by atoms with Crippen molar-refractivity contribution in [2.24, 2.45) is 0 Å². The number of nitrogens with two attached hydrogens (primary N) is 2. The SMILES string of the molecule is Nc1cc(C2(c3ccc(O)c(N)c3)c3cc(-c4ccccc4)cc(-c4ccccc4)c3-c3c(-c4ccccc4)ccc(C#Cc4ccccc4)c32)ccc1O. The van der Waals surface area contributed by atoms with Crippen molar-refractivity contribution in [2.45, 2.75) is 5.41 Å². The van der Waals surface area contributed by atoms with E-state index in [1.54, 1.807) is 12.1 Å². The Morgan fingerprint density at radius 2 is 0.927 bits per heavy atom. The second-order valence-corrected chi connectivity index (χ2v) is 13.9. The summed E-state index contributed by atoms with van der Waals surface area (Å²) in [6, 6.07) is 61.1. The van der Waals surface area contributed by atoms with Gasteiger partial charge in [-0.15, -0.1) is 0 Å². The van der Waals surface area contributed by atoms with Gasteiger partial charge in [-0.1, -0.05) is 139 Å². The molecule has 1 aliphatic rings. The fraction of sp³-hybridized carbons (Fsp3) is 0.0196. The zero-order chi connectivity index (χ0) is 37.5. The number of hydrogen-bond donors (Lipinski definition) is 4. The van der Waals surface area contributed by atoms with E-state index in [0.717, 1.165) is 77.9 Å². The van der Waals surface area contributed by atoms with Crippen LogP contribution >= 0.6 is 0 Å². The first-order valence-electron chi connectivity index (χ1n) is 18.2. The third kappa shape index (κ3) is 5.58. The minimum Gasteiger partial charge on any atom is -0.506 e. The van der Waals surface area contributed by atoms with Crippen molar-refractivity contribution in [3.8, 4) is 67.8 Å². The van der Waals surface area contributed by atoms with Gasteiger partial charge in [-0.2, -0.15) is 0 Å². The molecule has 0 saturated heterocycles. The lowest BCUT2D eigenvalue weighted by Gasteiger charge is -2.35. The number of phenolic OH excluding ortho intramolecular Hbond substituents is 2. The number of aromatic hydroxyl groups is 2. The van der Waals surface area contributed by atoms with Gasteiger partial charge < -0.3 is 21.7 Å². The smallest absolute Gasteiger partial charge is 0.138 e. The average Bonchev–Trinajstić information content (AvgIpc) is 3.55. The Balaban J connectivity index is 1.55. The Hall–Kier alpha value is -7.48. The third-order valence-corrected chi connectivity index (χ3v) is 10.7. The molecule has 9 rings (SSSR count). The quantitative estimate of drug-likeness (QED) is 0.0813. The standard InChI is InChI=1S/C51H36N2O2/c52-44-31-39(24-27-46(44)54)51(40-25-28-47(55)45(53)32-40)43-30-38(34-15-7-2-8-16-34)29-42(36-19-11-4-12-20-36)48(43)49-41(35-17-9-3-10-18-35)26-23-37(50(49)51)22-21-33-13-5-1-6-14-33/h1-20,23-32,54-55H,52-53H2. The molecule has 0 aliphatic heterocycles. The van der Waals surface area contributed by atoms with Crippen LogP contribution in [0.4, 0.5) is 11.4 Å². The number of hydrogen-bond acceptors (Lipinski definition) is 4. The van der Waals surface area contributed by atoms with Crippen LogP contribution in [0, 0.1) is 11.8 Å². The molecular weight excluding hydrogens is 673 g/mol. The van der Waals surface area contributed by atoms with Crippen molar-refractivity contribution in [3.63, 3.8) is 0 Å². The van der Waals surface area contributed by atoms with Crippen LogP contribution in [0.15, 0.2) is 182 Å². The number of rotatable bonds is 5. The molecule has 0 unspecified atom stereocenters. The van der Waals surface area contributed by atoms with Gasteiger partial charge in [0.25, 0.3) is 0 Å². The first kappa shape index (κ1) is 33.4. The monoisotopic (exact) mass is 708 g/mol. The first-order valence-corrected chi connectivity index (χ1v) is 18.2. The second-order valence-electron chi connectivity index (χ2n) is 13.9. The normalized spacial score (nSPS) is 12.3. The molecule has 0 heterocycles. The number of nitrogen functional groups attached to an aromatic ring is 2. The molecule has 0 aromatic heterocycles. The molecule has 55 heavy (non-hydrogen) atoms. The van der Waals surface area contributed by atoms with E-state index < -0.39 is 5.41 Å². The Labute approximate surface area is 320 Å². The predicted octanol–water partition coefficient (Wildman–Crippen LogP) is 11.0. The van der Waals surface area contributed by atoms with E-state index in [0.29, 0.717) is 0 Å². The Bertz CT molecular complexity index is 2730. The molecule has 8 aromatic rings. The maximum absolute atomic E-state index is 10.9. The van der Waals surface area contributed by atoms with Crippen LogP contribution in [-0.4, -0.2) is 10.2 Å². The van der Waals surface area contributed by atoms with E-state index in [9.17, 15) is 10.2 Å². The third-order valence-electron chi connectivity index (χ3n) is 10.7. The molecule has 8 aromatic carbocycles. The van der Waals surface area contributed by atoms with Gasteiger partial charge in [-0.05, 0) is 121 Å². The summed E-state index contributed by atoms with van der Waals surface area (Å²) >= 11 is 0. The van der Waals surface area contributed by atoms with Crippen molar-refractivity contribution < 1.29 is 10.2 Å². The Morgan fingerprint density at radius 1 is 0.418 bits per heavy atom. The van der Waals surface area contributed by atoms with Gasteiger partial charge in [0, 0.05) is 11.1 Å². The summed E-state index contributed by atoms with van der Waals surface area (Å²) in [4.78, 5) is 0. The number of anilines is 2. The summed E-state index contributed by atoms with van der Waals surface area (Å²) < 4.78 is 0. The van der Waals surface area contributed by atoms with E-state index in [4.69, 9.17) is 11.5 Å². The summed E-state index contributed by atoms with van der Waals surface area (Å²) in [7, 11) is 0. The lowest BCUT2D eigenvalue weighted by atomic mass is 9.65. The maximum atomic E-state index is 10.9. The van der Waals surface area contributed by atoms with Crippen molar-refractivity contribution in [3.05, 3.63) is 215 Å². The van der Waals surface area contributed by atoms with Crippen LogP contribution in [0.3, 0.4) is 0 Å². The summed E-state index contributed by atoms with van der Waals surface area (Å²) in [5, 5.41) is 21.7. The number of benzene rings is 8. The van der Waals surface area contributed by atoms with Crippen LogP contribution in [0.1, 0.15) is 33.4 Å². The average molecular weight is 709 g/mol. The lowest BCUT2D eigenvalue weighted by Crippen LogP contribution is -2.30. The minimum atomic E-state index is -1.08. The highest BCUT2D eigenvalue weighted by atomic mass is 16.3. The minimum absolute atomic E-state index is 0.00676. The van der Waals surface area contributed by atoms with Crippen LogP contribution in [-0.2, 0) is 5.41 Å². The van der Waals surface area contributed by atoms with E-state index in [2.05, 4.69) is 109 Å². The molecular formula is C51H36N2O2. The molecule has 262 valence electrons. The Kier molecular flexibility index (Phi) is 8.19. The molecule has 4 nitrogen and oxygen atoms in total. The van der Waals surface area contributed by atoms with E-state index in [-0.39, 0.29) is 22.9 Å². The van der Waals surface area contributed by atoms with Gasteiger partial charge in [-0.3, -0.25) is 0 Å². The molecule has 0 saturated carbocycles. The van der Waals surface area contributed by atoms with Crippen molar-refractivity contribution in [1.29, 1.82) is 0 Å². The van der Waals surface area contributed by atoms with Crippen LogP contribution in [0.5, 0.6) is 11.5 Å². The van der Waals surface area contributed by atoms with Gasteiger partial charge in [-0.25, -0.2) is 0 Å². The molecule has 1 aliphatic carbocycles. The summed E-state index contributed by atoms with van der Waals surface area (Å²) in [6.07, 6.45) is 0. The lowest BCUT2D eigenvalue weighted by molar-refractivity contribution is 0.477. The Morgan fingerprint density at radius 3 is 1.47 bits per heavy atom. The second kappa shape index (κ2) is 13.5. The first-order chi connectivity index (χ1) is 26.9. The predicted molar refractivity (Wildman–Crippen MR) is 225 cm³/mol. The van der Waals surface area contributed by atoms with Gasteiger partial charge in [0.2, 0.25) is 0 Å². The molecule has 6 N–H and O–H groups in total. The largest absolute Gasteiger partial charge is 0.506 e. The fourth-order valence-corrected chi connectivity index (χ4v) is 8.20. The van der Waals surface area contributed by atoms with Crippen molar-refractivity contribution in [2.75, 3.05) is 11.5 Å². The fourth-order valence-electron chi connectivity index (χ4n) is 8.20. The van der Waals surface area contributed by atoms with Crippen molar-refractivity contribution >= 4 is 11.4 Å². The van der Waals surface area contributed by atoms with Gasteiger partial charge in [0.15, 0.2) is 0 Å².